The molecule has 0 radical (unpaired) electrons. The highest BCUT2D eigenvalue weighted by Gasteiger charge is 2.26. The standard InChI is InChI=1S/C29H27N3O5/c1-18-14-16-21(17-15-18)26(33)23-12-8-9-13-24(23)29(36)37-20(3)27(34)30-25-19(2)31(4)32(28(25)35)22-10-6-5-7-11-22/h5-17,20H,1-4H3,(H,30,34). The topological polar surface area (TPSA) is 99.4 Å². The average molecular weight is 498 g/mol. The molecule has 8 heteroatoms. The maximum absolute atomic E-state index is 13.1. The van der Waals surface area contributed by atoms with Crippen molar-refractivity contribution >= 4 is 23.3 Å². The molecule has 0 fully saturated rings. The van der Waals surface area contributed by atoms with Gasteiger partial charge in [-0.2, -0.15) is 0 Å². The van der Waals surface area contributed by atoms with Gasteiger partial charge < -0.3 is 10.1 Å². The molecule has 1 unspecified atom stereocenters. The molecule has 8 nitrogen and oxygen atoms in total. The Labute approximate surface area is 214 Å². The fourth-order valence-electron chi connectivity index (χ4n) is 3.93. The number of rotatable bonds is 7. The molecule has 0 aliphatic carbocycles. The van der Waals surface area contributed by atoms with E-state index in [1.54, 1.807) is 61.1 Å². The number of amides is 1. The number of carbonyl (C=O) groups is 3. The largest absolute Gasteiger partial charge is 0.449 e. The number of benzene rings is 3. The van der Waals surface area contributed by atoms with Gasteiger partial charge in [-0.3, -0.25) is 19.1 Å². The number of para-hydroxylation sites is 1. The summed E-state index contributed by atoms with van der Waals surface area (Å²) in [5.41, 5.74) is 2.53. The maximum atomic E-state index is 13.1. The molecule has 1 atom stereocenters. The molecule has 4 aromatic rings. The van der Waals surface area contributed by atoms with Crippen LogP contribution < -0.4 is 10.9 Å². The Morgan fingerprint density at radius 1 is 0.838 bits per heavy atom. The number of nitrogens with one attached hydrogen (secondary N) is 1. The van der Waals surface area contributed by atoms with E-state index >= 15 is 0 Å². The fraction of sp³-hybridized carbons (Fsp3) is 0.172. The second kappa shape index (κ2) is 10.5. The first-order valence-electron chi connectivity index (χ1n) is 11.7. The number of anilines is 1. The van der Waals surface area contributed by atoms with E-state index < -0.39 is 23.5 Å². The van der Waals surface area contributed by atoms with Crippen molar-refractivity contribution in [1.29, 1.82) is 0 Å². The molecule has 1 amide bonds. The van der Waals surface area contributed by atoms with Crippen LogP contribution in [0.2, 0.25) is 0 Å². The molecule has 188 valence electrons. The zero-order chi connectivity index (χ0) is 26.7. The van der Waals surface area contributed by atoms with Crippen molar-refractivity contribution in [3.63, 3.8) is 0 Å². The van der Waals surface area contributed by atoms with Crippen molar-refractivity contribution < 1.29 is 19.1 Å². The van der Waals surface area contributed by atoms with Crippen LogP contribution in [0.1, 0.15) is 44.5 Å². The summed E-state index contributed by atoms with van der Waals surface area (Å²) >= 11 is 0. The van der Waals surface area contributed by atoms with Gasteiger partial charge in [-0.15, -0.1) is 0 Å². The van der Waals surface area contributed by atoms with Gasteiger partial charge in [0.05, 0.1) is 16.9 Å². The molecule has 0 spiro atoms. The minimum absolute atomic E-state index is 0.0510. The van der Waals surface area contributed by atoms with E-state index in [1.165, 1.54) is 17.7 Å². The van der Waals surface area contributed by atoms with E-state index in [2.05, 4.69) is 5.32 Å². The molecule has 4 rings (SSSR count). The van der Waals surface area contributed by atoms with Crippen LogP contribution >= 0.6 is 0 Å². The van der Waals surface area contributed by atoms with Crippen LogP contribution in [0.25, 0.3) is 5.69 Å². The minimum Gasteiger partial charge on any atom is -0.449 e. The molecule has 0 aliphatic rings. The molecule has 37 heavy (non-hydrogen) atoms. The first kappa shape index (κ1) is 25.4. The number of carbonyl (C=O) groups excluding carboxylic acids is 3. The van der Waals surface area contributed by atoms with Crippen LogP contribution in [0.3, 0.4) is 0 Å². The van der Waals surface area contributed by atoms with Crippen molar-refractivity contribution in [2.45, 2.75) is 26.9 Å². The first-order valence-corrected chi connectivity index (χ1v) is 11.7. The Morgan fingerprint density at radius 3 is 2.08 bits per heavy atom. The Balaban J connectivity index is 1.52. The molecule has 0 bridgehead atoms. The van der Waals surface area contributed by atoms with E-state index in [-0.39, 0.29) is 22.6 Å². The highest BCUT2D eigenvalue weighted by molar-refractivity contribution is 6.14. The predicted molar refractivity (Wildman–Crippen MR) is 140 cm³/mol. The molecule has 0 saturated carbocycles. The Morgan fingerprint density at radius 2 is 1.43 bits per heavy atom. The zero-order valence-electron chi connectivity index (χ0n) is 21.0. The van der Waals surface area contributed by atoms with Gasteiger partial charge in [0.25, 0.3) is 11.5 Å². The number of esters is 1. The van der Waals surface area contributed by atoms with Gasteiger partial charge in [0.1, 0.15) is 5.69 Å². The predicted octanol–water partition coefficient (Wildman–Crippen LogP) is 4.21. The lowest BCUT2D eigenvalue weighted by Crippen LogP contribution is -2.32. The number of hydrogen-bond donors (Lipinski definition) is 1. The van der Waals surface area contributed by atoms with Crippen LogP contribution in [-0.2, 0) is 16.6 Å². The average Bonchev–Trinajstić information content (AvgIpc) is 3.11. The third-order valence-electron chi connectivity index (χ3n) is 6.16. The number of ketones is 1. The lowest BCUT2D eigenvalue weighted by atomic mass is 9.98. The van der Waals surface area contributed by atoms with Gasteiger partial charge in [-0.25, -0.2) is 9.48 Å². The van der Waals surface area contributed by atoms with E-state index in [4.69, 9.17) is 4.74 Å². The van der Waals surface area contributed by atoms with E-state index in [0.29, 0.717) is 16.9 Å². The van der Waals surface area contributed by atoms with Crippen molar-refractivity contribution in [3.8, 4) is 5.69 Å². The summed E-state index contributed by atoms with van der Waals surface area (Å²) in [6, 6.07) is 22.4. The Bertz CT molecular complexity index is 1530. The maximum Gasteiger partial charge on any atom is 0.339 e. The summed E-state index contributed by atoms with van der Waals surface area (Å²) < 4.78 is 8.47. The van der Waals surface area contributed by atoms with Crippen molar-refractivity contribution in [1.82, 2.24) is 9.36 Å². The summed E-state index contributed by atoms with van der Waals surface area (Å²) in [6.07, 6.45) is -1.22. The molecule has 0 aliphatic heterocycles. The highest BCUT2D eigenvalue weighted by Crippen LogP contribution is 2.18. The summed E-state index contributed by atoms with van der Waals surface area (Å²) in [4.78, 5) is 52.0. The van der Waals surface area contributed by atoms with Crippen molar-refractivity contribution in [2.24, 2.45) is 7.05 Å². The number of nitrogens with zero attached hydrogens (tertiary/aromatic N) is 2. The van der Waals surface area contributed by atoms with Gasteiger partial charge >= 0.3 is 5.97 Å². The first-order chi connectivity index (χ1) is 17.7. The molecule has 1 N–H and O–H groups in total. The number of aryl methyl sites for hydroxylation is 1. The smallest absolute Gasteiger partial charge is 0.339 e. The van der Waals surface area contributed by atoms with Crippen molar-refractivity contribution in [3.05, 3.63) is 117 Å². The summed E-state index contributed by atoms with van der Waals surface area (Å²) in [5, 5.41) is 2.60. The summed E-state index contributed by atoms with van der Waals surface area (Å²) in [6.45, 7) is 5.03. The van der Waals surface area contributed by atoms with Crippen LogP contribution in [0.4, 0.5) is 5.69 Å². The van der Waals surface area contributed by atoms with Gasteiger partial charge in [0.15, 0.2) is 11.9 Å². The van der Waals surface area contributed by atoms with E-state index in [1.807, 2.05) is 37.3 Å². The summed E-state index contributed by atoms with van der Waals surface area (Å²) in [7, 11) is 1.71. The third kappa shape index (κ3) is 5.13. The lowest BCUT2D eigenvalue weighted by molar-refractivity contribution is -0.123. The molecule has 0 saturated heterocycles. The third-order valence-corrected chi connectivity index (χ3v) is 6.16. The molecule has 1 heterocycles. The van der Waals surface area contributed by atoms with E-state index in [9.17, 15) is 19.2 Å². The van der Waals surface area contributed by atoms with Crippen LogP contribution in [0.5, 0.6) is 0 Å². The van der Waals surface area contributed by atoms with Gasteiger partial charge in [-0.1, -0.05) is 66.2 Å². The molecular formula is C29H27N3O5. The number of aromatic nitrogens is 2. The quantitative estimate of drug-likeness (QED) is 0.305. The highest BCUT2D eigenvalue weighted by atomic mass is 16.5. The monoisotopic (exact) mass is 497 g/mol. The van der Waals surface area contributed by atoms with Crippen LogP contribution in [0.15, 0.2) is 83.7 Å². The van der Waals surface area contributed by atoms with Gasteiger partial charge in [-0.05, 0) is 39.0 Å². The second-order valence-corrected chi connectivity index (χ2v) is 8.71. The van der Waals surface area contributed by atoms with Crippen LogP contribution in [-0.4, -0.2) is 33.1 Å². The minimum atomic E-state index is -1.22. The fourth-order valence-corrected chi connectivity index (χ4v) is 3.93. The second-order valence-electron chi connectivity index (χ2n) is 8.71. The number of ether oxygens (including phenoxy) is 1. The molecular weight excluding hydrogens is 470 g/mol. The van der Waals surface area contributed by atoms with Gasteiger partial charge in [0, 0.05) is 18.2 Å². The SMILES string of the molecule is Cc1ccc(C(=O)c2ccccc2C(=O)OC(C)C(=O)Nc2c(C)n(C)n(-c3ccccc3)c2=O)cc1. The molecule has 1 aromatic heterocycles. The van der Waals surface area contributed by atoms with E-state index in [0.717, 1.165) is 5.56 Å². The Kier molecular flexibility index (Phi) is 7.20. The zero-order valence-corrected chi connectivity index (χ0v) is 21.0. The van der Waals surface area contributed by atoms with Gasteiger partial charge in [0.2, 0.25) is 0 Å². The van der Waals surface area contributed by atoms with Crippen LogP contribution in [0, 0.1) is 13.8 Å². The summed E-state index contributed by atoms with van der Waals surface area (Å²) in [5.74, 6) is -1.81. The number of hydrogen-bond acceptors (Lipinski definition) is 5. The lowest BCUT2D eigenvalue weighted by Gasteiger charge is -2.14. The molecule has 3 aromatic carbocycles. The van der Waals surface area contributed by atoms with Crippen molar-refractivity contribution in [2.75, 3.05) is 5.32 Å². The normalized spacial score (nSPS) is 11.6. The Hall–Kier alpha value is -4.72.